The van der Waals surface area contributed by atoms with Crippen LogP contribution < -0.4 is 5.32 Å². The van der Waals surface area contributed by atoms with E-state index in [-0.39, 0.29) is 12.5 Å². The average Bonchev–Trinajstić information content (AvgIpc) is 3.13. The first-order chi connectivity index (χ1) is 25.2. The maximum Gasteiger partial charge on any atom is 0.220 e. The van der Waals surface area contributed by atoms with Gasteiger partial charge in [-0.25, -0.2) is 0 Å². The van der Waals surface area contributed by atoms with E-state index < -0.39 is 12.1 Å². The number of allylic oxidation sites excluding steroid dienone is 8. The zero-order valence-electron chi connectivity index (χ0n) is 34.1. The molecule has 0 bridgehead atoms. The molecule has 0 fully saturated rings. The molecule has 2 unspecified atom stereocenters. The lowest BCUT2D eigenvalue weighted by molar-refractivity contribution is -0.123. The first-order valence-electron chi connectivity index (χ1n) is 22.3. The first kappa shape index (κ1) is 49.4. The van der Waals surface area contributed by atoms with Crippen molar-refractivity contribution < 1.29 is 15.0 Å². The fourth-order valence-electron chi connectivity index (χ4n) is 6.72. The molecule has 51 heavy (non-hydrogen) atoms. The Labute approximate surface area is 318 Å². The molecule has 0 heterocycles. The number of unbranched alkanes of at least 4 members (excludes halogenated alkanes) is 25. The highest BCUT2D eigenvalue weighted by Gasteiger charge is 2.19. The molecule has 0 aromatic carbocycles. The summed E-state index contributed by atoms with van der Waals surface area (Å²) in [5, 5.41) is 23.1. The van der Waals surface area contributed by atoms with Gasteiger partial charge in [0.2, 0.25) is 5.91 Å². The highest BCUT2D eigenvalue weighted by molar-refractivity contribution is 5.76. The van der Waals surface area contributed by atoms with Crippen LogP contribution in [0.15, 0.2) is 48.6 Å². The van der Waals surface area contributed by atoms with Crippen LogP contribution in [0.4, 0.5) is 0 Å². The van der Waals surface area contributed by atoms with Gasteiger partial charge in [-0.3, -0.25) is 4.79 Å². The Morgan fingerprint density at radius 2 is 0.824 bits per heavy atom. The van der Waals surface area contributed by atoms with E-state index in [0.29, 0.717) is 19.3 Å². The monoisotopic (exact) mass is 714 g/mol. The molecule has 0 spiro atoms. The zero-order valence-corrected chi connectivity index (χ0v) is 34.1. The van der Waals surface area contributed by atoms with E-state index in [9.17, 15) is 15.0 Å². The summed E-state index contributed by atoms with van der Waals surface area (Å²) >= 11 is 0. The van der Waals surface area contributed by atoms with Crippen LogP contribution in [0.3, 0.4) is 0 Å². The van der Waals surface area contributed by atoms with E-state index in [0.717, 1.165) is 38.5 Å². The minimum atomic E-state index is -0.689. The Kier molecular flexibility index (Phi) is 41.4. The van der Waals surface area contributed by atoms with Crippen molar-refractivity contribution in [2.75, 3.05) is 6.61 Å². The molecule has 0 aromatic rings. The van der Waals surface area contributed by atoms with Gasteiger partial charge < -0.3 is 15.5 Å². The van der Waals surface area contributed by atoms with E-state index in [4.69, 9.17) is 0 Å². The highest BCUT2D eigenvalue weighted by Crippen LogP contribution is 2.16. The van der Waals surface area contributed by atoms with E-state index in [1.54, 1.807) is 0 Å². The molecular weight excluding hydrogens is 627 g/mol. The van der Waals surface area contributed by atoms with Gasteiger partial charge in [0.05, 0.1) is 18.8 Å². The maximum absolute atomic E-state index is 12.3. The van der Waals surface area contributed by atoms with Crippen LogP contribution in [-0.2, 0) is 4.79 Å². The van der Waals surface area contributed by atoms with Crippen molar-refractivity contribution in [1.82, 2.24) is 5.32 Å². The summed E-state index contributed by atoms with van der Waals surface area (Å²) < 4.78 is 0. The second kappa shape index (κ2) is 42.8. The van der Waals surface area contributed by atoms with Gasteiger partial charge in [0.15, 0.2) is 0 Å². The molecule has 0 aliphatic carbocycles. The zero-order chi connectivity index (χ0) is 37.1. The summed E-state index contributed by atoms with van der Waals surface area (Å²) in [4.78, 5) is 12.3. The molecule has 4 heteroatoms. The van der Waals surface area contributed by atoms with Gasteiger partial charge >= 0.3 is 0 Å². The molecule has 0 saturated heterocycles. The third kappa shape index (κ3) is 39.4. The molecule has 0 aliphatic heterocycles. The number of carbonyl (C=O) groups is 1. The van der Waals surface area contributed by atoms with Gasteiger partial charge in [-0.05, 0) is 38.5 Å². The van der Waals surface area contributed by atoms with Crippen molar-refractivity contribution >= 4 is 5.91 Å². The van der Waals surface area contributed by atoms with Gasteiger partial charge in [0, 0.05) is 6.42 Å². The van der Waals surface area contributed by atoms with Gasteiger partial charge in [-0.1, -0.05) is 229 Å². The molecule has 298 valence electrons. The molecule has 0 saturated carbocycles. The average molecular weight is 714 g/mol. The molecular formula is C47H87NO3. The van der Waals surface area contributed by atoms with Crippen LogP contribution in [0.5, 0.6) is 0 Å². The lowest BCUT2D eigenvalue weighted by Crippen LogP contribution is -2.45. The minimum absolute atomic E-state index is 0.111. The summed E-state index contributed by atoms with van der Waals surface area (Å²) in [5.41, 5.74) is 0. The number of hydrogen-bond acceptors (Lipinski definition) is 3. The molecule has 0 rings (SSSR count). The van der Waals surface area contributed by atoms with Crippen molar-refractivity contribution in [2.45, 2.75) is 238 Å². The number of amides is 1. The smallest absolute Gasteiger partial charge is 0.220 e. The fraction of sp³-hybridized carbons (Fsp3) is 0.809. The minimum Gasteiger partial charge on any atom is -0.394 e. The number of rotatable bonds is 40. The Bertz CT molecular complexity index is 816. The summed E-state index contributed by atoms with van der Waals surface area (Å²) in [6.45, 7) is 4.21. The van der Waals surface area contributed by atoms with Crippen molar-refractivity contribution in [3.8, 4) is 0 Å². The number of aliphatic hydroxyl groups excluding tert-OH is 2. The second-order valence-electron chi connectivity index (χ2n) is 15.1. The summed E-state index contributed by atoms with van der Waals surface area (Å²) in [5.74, 6) is -0.111. The predicted octanol–water partition coefficient (Wildman–Crippen LogP) is 14.0. The quantitative estimate of drug-likeness (QED) is 0.0437. The molecule has 0 aliphatic rings. The Balaban J connectivity index is 3.51. The van der Waals surface area contributed by atoms with E-state index in [1.807, 2.05) is 6.08 Å². The summed E-state index contributed by atoms with van der Waals surface area (Å²) in [6, 6.07) is -0.575. The topological polar surface area (TPSA) is 69.6 Å². The van der Waals surface area contributed by atoms with Crippen LogP contribution in [-0.4, -0.2) is 34.9 Å². The molecule has 0 aromatic heterocycles. The number of nitrogens with one attached hydrogen (secondary N) is 1. The molecule has 1 amide bonds. The molecule has 0 radical (unpaired) electrons. The third-order valence-electron chi connectivity index (χ3n) is 10.1. The lowest BCUT2D eigenvalue weighted by atomic mass is 10.0. The predicted molar refractivity (Wildman–Crippen MR) is 225 cm³/mol. The first-order valence-corrected chi connectivity index (χ1v) is 22.3. The summed E-state index contributed by atoms with van der Waals surface area (Å²) in [6.07, 6.45) is 57.9. The third-order valence-corrected chi connectivity index (χ3v) is 10.1. The van der Waals surface area contributed by atoms with E-state index >= 15 is 0 Å². The molecule has 2 atom stereocenters. The van der Waals surface area contributed by atoms with Crippen LogP contribution in [0.1, 0.15) is 226 Å². The summed E-state index contributed by atoms with van der Waals surface area (Å²) in [7, 11) is 0. The SMILES string of the molecule is CC/C=C\C/C=C\C/C=C\C/C=C\CCC(=O)NC(CO)C(O)CCCCCCCCCCCCCCCCCCCCCCCCCCCC. The normalized spacial score (nSPS) is 13.4. The van der Waals surface area contributed by atoms with E-state index in [2.05, 4.69) is 61.7 Å². The van der Waals surface area contributed by atoms with Gasteiger partial charge in [0.25, 0.3) is 0 Å². The number of hydrogen-bond donors (Lipinski definition) is 3. The van der Waals surface area contributed by atoms with Crippen molar-refractivity contribution in [2.24, 2.45) is 0 Å². The second-order valence-corrected chi connectivity index (χ2v) is 15.1. The van der Waals surface area contributed by atoms with Crippen LogP contribution in [0.2, 0.25) is 0 Å². The van der Waals surface area contributed by atoms with Crippen molar-refractivity contribution in [3.63, 3.8) is 0 Å². The number of carbonyl (C=O) groups excluding carboxylic acids is 1. The molecule has 4 nitrogen and oxygen atoms in total. The van der Waals surface area contributed by atoms with Crippen LogP contribution in [0, 0.1) is 0 Å². The Morgan fingerprint density at radius 1 is 0.490 bits per heavy atom. The Hall–Kier alpha value is -1.65. The van der Waals surface area contributed by atoms with Crippen molar-refractivity contribution in [1.29, 1.82) is 0 Å². The lowest BCUT2D eigenvalue weighted by Gasteiger charge is -2.22. The largest absolute Gasteiger partial charge is 0.394 e. The fourth-order valence-corrected chi connectivity index (χ4v) is 6.72. The van der Waals surface area contributed by atoms with Gasteiger partial charge in [0.1, 0.15) is 0 Å². The van der Waals surface area contributed by atoms with Crippen molar-refractivity contribution in [3.05, 3.63) is 48.6 Å². The number of aliphatic hydroxyl groups is 2. The maximum atomic E-state index is 12.3. The van der Waals surface area contributed by atoms with Crippen LogP contribution >= 0.6 is 0 Å². The van der Waals surface area contributed by atoms with Gasteiger partial charge in [-0.15, -0.1) is 0 Å². The molecule has 3 N–H and O–H groups in total. The Morgan fingerprint density at radius 3 is 1.18 bits per heavy atom. The van der Waals surface area contributed by atoms with E-state index in [1.165, 1.54) is 154 Å². The highest BCUT2D eigenvalue weighted by atomic mass is 16.3. The standard InChI is InChI=1S/C47H87NO3/c1-3-5-7-9-11-13-15-17-18-19-20-21-22-23-24-25-26-27-28-29-31-32-34-36-38-40-42-46(50)45(44-49)48-47(51)43-41-39-37-35-33-30-16-14-12-10-8-6-4-2/h6,8,12,14,30,33,37,39,45-46,49-50H,3-5,7,9-11,13,15-29,31-32,34-36,38,40-44H2,1-2H3,(H,48,51)/b8-6-,14-12-,33-30-,39-37-. The van der Waals surface area contributed by atoms with Gasteiger partial charge in [-0.2, -0.15) is 0 Å². The van der Waals surface area contributed by atoms with Crippen LogP contribution in [0.25, 0.3) is 0 Å².